The van der Waals surface area contributed by atoms with E-state index in [4.69, 9.17) is 14.2 Å². The molecule has 1 aromatic carbocycles. The minimum Gasteiger partial charge on any atom is -0.872 e. The fourth-order valence-corrected chi connectivity index (χ4v) is 4.37. The van der Waals surface area contributed by atoms with Gasteiger partial charge in [-0.15, -0.1) is 5.75 Å². The number of hydrogen-bond donors (Lipinski definition) is 1. The number of likely N-dealkylation sites (tertiary alicyclic amines) is 1. The first-order valence-corrected chi connectivity index (χ1v) is 11.3. The number of nitrogens with two attached hydrogens (primary N) is 1. The van der Waals surface area contributed by atoms with E-state index in [0.29, 0.717) is 13.0 Å². The van der Waals surface area contributed by atoms with Crippen LogP contribution in [-0.4, -0.2) is 65.9 Å². The Labute approximate surface area is 194 Å². The summed E-state index contributed by atoms with van der Waals surface area (Å²) in [5.41, 5.74) is 2.33. The minimum absolute atomic E-state index is 0.0127. The van der Waals surface area contributed by atoms with Gasteiger partial charge in [0.25, 0.3) is 0 Å². The van der Waals surface area contributed by atoms with Crippen molar-refractivity contribution >= 4 is 18.0 Å². The van der Waals surface area contributed by atoms with Crippen LogP contribution in [0.25, 0.3) is 0 Å². The zero-order chi connectivity index (χ0) is 24.5. The molecule has 0 radical (unpaired) electrons. The third-order valence-electron chi connectivity index (χ3n) is 5.84. The Morgan fingerprint density at radius 3 is 2.06 bits per heavy atom. The smallest absolute Gasteiger partial charge is 0.411 e. The molecule has 4 aliphatic heterocycles. The fraction of sp³-hybridized carbons (Fsp3) is 0.625. The first-order chi connectivity index (χ1) is 15.3. The van der Waals surface area contributed by atoms with E-state index in [1.54, 1.807) is 20.8 Å². The summed E-state index contributed by atoms with van der Waals surface area (Å²) in [7, 11) is 0. The van der Waals surface area contributed by atoms with Crippen molar-refractivity contribution in [3.8, 4) is 5.75 Å². The van der Waals surface area contributed by atoms with Gasteiger partial charge in [-0.1, -0.05) is 28.8 Å². The van der Waals surface area contributed by atoms with Gasteiger partial charge in [0, 0.05) is 6.42 Å². The number of ether oxygens (including phenoxy) is 3. The van der Waals surface area contributed by atoms with Crippen molar-refractivity contribution < 1.29 is 39.0 Å². The Balaban J connectivity index is 0.000000147. The molecule has 9 heteroatoms. The average Bonchev–Trinajstić information content (AvgIpc) is 3.46. The number of rotatable bonds is 0. The zero-order valence-corrected chi connectivity index (χ0v) is 20.2. The minimum atomic E-state index is -0.525. The molecule has 2 N–H and O–H groups in total. The lowest BCUT2D eigenvalue weighted by atomic mass is 10.1. The van der Waals surface area contributed by atoms with Gasteiger partial charge >= 0.3 is 18.0 Å². The number of quaternary nitrogens is 1. The molecule has 0 aliphatic carbocycles. The van der Waals surface area contributed by atoms with Gasteiger partial charge in [0.2, 0.25) is 0 Å². The molecule has 4 saturated heterocycles. The van der Waals surface area contributed by atoms with Gasteiger partial charge in [0.15, 0.2) is 12.1 Å². The number of nitrogens with zero attached hydrogens (tertiary/aromatic N) is 1. The highest BCUT2D eigenvalue weighted by atomic mass is 16.6. The summed E-state index contributed by atoms with van der Waals surface area (Å²) < 4.78 is 15.1. The van der Waals surface area contributed by atoms with Gasteiger partial charge in [-0.25, -0.2) is 14.4 Å². The van der Waals surface area contributed by atoms with Crippen molar-refractivity contribution in [2.45, 2.75) is 84.3 Å². The van der Waals surface area contributed by atoms with Crippen LogP contribution in [0.5, 0.6) is 5.75 Å². The normalized spacial score (nSPS) is 26.7. The standard InChI is InChI=1S/C10H15NO4.C9H12O.C5H7NO2/c1-10(2,3)15-9(13)11-5-6-4-7(11)8(12)14-6;1-6-4-7(2)9(10)8(3)5-6;7-5-4-1-3(8-5)2-6-4/h6-7H,4-5H2,1-3H3;4-5,10H,1-3H3;3-4,6H,1-2H2. The predicted molar refractivity (Wildman–Crippen MR) is 116 cm³/mol. The van der Waals surface area contributed by atoms with E-state index in [-0.39, 0.29) is 35.9 Å². The van der Waals surface area contributed by atoms with Crippen LogP contribution in [0.3, 0.4) is 0 Å². The van der Waals surface area contributed by atoms with E-state index in [9.17, 15) is 19.5 Å². The maximum Gasteiger partial charge on any atom is 0.411 e. The molecule has 5 rings (SSSR count). The fourth-order valence-electron chi connectivity index (χ4n) is 4.37. The number of aryl methyl sites for hydroxylation is 3. The van der Waals surface area contributed by atoms with Crippen molar-refractivity contribution in [2.75, 3.05) is 13.1 Å². The molecule has 182 valence electrons. The van der Waals surface area contributed by atoms with Crippen LogP contribution in [-0.2, 0) is 23.8 Å². The van der Waals surface area contributed by atoms with Crippen LogP contribution < -0.4 is 10.4 Å². The van der Waals surface area contributed by atoms with Crippen LogP contribution in [0.4, 0.5) is 4.79 Å². The topological polar surface area (TPSA) is 122 Å². The second kappa shape index (κ2) is 9.59. The number of hydrogen-bond acceptors (Lipinski definition) is 7. The van der Waals surface area contributed by atoms with Gasteiger partial charge in [0.1, 0.15) is 24.3 Å². The van der Waals surface area contributed by atoms with E-state index in [2.05, 4.69) is 5.32 Å². The van der Waals surface area contributed by atoms with E-state index in [1.807, 2.05) is 32.9 Å². The molecule has 4 fully saturated rings. The molecule has 4 heterocycles. The second-order valence-electron chi connectivity index (χ2n) is 10.0. The van der Waals surface area contributed by atoms with Gasteiger partial charge < -0.3 is 24.6 Å². The van der Waals surface area contributed by atoms with Gasteiger partial charge in [-0.2, -0.15) is 0 Å². The number of esters is 2. The number of amides is 1. The SMILES string of the molecule is CC(C)(C)OC(=O)N1CC2CC1C(=O)O2.Cc1cc(C)c([O-])c(C)c1.O=C1OC2C[NH2+]C1C2. The molecule has 33 heavy (non-hydrogen) atoms. The number of morpholine rings is 2. The summed E-state index contributed by atoms with van der Waals surface area (Å²) >= 11 is 0. The lowest BCUT2D eigenvalue weighted by Crippen LogP contribution is -2.90. The summed E-state index contributed by atoms with van der Waals surface area (Å²) in [6, 6.07) is 3.55. The number of benzene rings is 1. The zero-order valence-electron chi connectivity index (χ0n) is 20.2. The highest BCUT2D eigenvalue weighted by Crippen LogP contribution is 2.30. The summed E-state index contributed by atoms with van der Waals surface area (Å²) in [6.07, 6.45) is 1.24. The molecule has 4 atom stereocenters. The molecule has 0 saturated carbocycles. The number of carbonyl (C=O) groups excluding carboxylic acids is 3. The monoisotopic (exact) mass is 462 g/mol. The number of fused-ring (bicyclic) bond motifs is 4. The Morgan fingerprint density at radius 2 is 1.67 bits per heavy atom. The van der Waals surface area contributed by atoms with Crippen LogP contribution >= 0.6 is 0 Å². The highest BCUT2D eigenvalue weighted by molar-refractivity contribution is 5.85. The molecular weight excluding hydrogens is 428 g/mol. The van der Waals surface area contributed by atoms with Crippen molar-refractivity contribution in [1.82, 2.24) is 4.90 Å². The third-order valence-corrected chi connectivity index (χ3v) is 5.84. The molecule has 4 aliphatic rings. The Kier molecular flexibility index (Phi) is 7.21. The van der Waals surface area contributed by atoms with E-state index < -0.39 is 17.7 Å². The Bertz CT molecular complexity index is 901. The molecule has 1 aromatic rings. The molecular formula is C24H34N2O7. The van der Waals surface area contributed by atoms with Crippen molar-refractivity contribution in [2.24, 2.45) is 0 Å². The van der Waals surface area contributed by atoms with E-state index >= 15 is 0 Å². The van der Waals surface area contributed by atoms with Gasteiger partial charge in [-0.3, -0.25) is 4.90 Å². The van der Waals surface area contributed by atoms with Crippen LogP contribution in [0.1, 0.15) is 50.3 Å². The maximum atomic E-state index is 11.7. The number of carbonyl (C=O) groups is 3. The Hall–Kier alpha value is -2.81. The predicted octanol–water partition coefficient (Wildman–Crippen LogP) is 0.854. The largest absolute Gasteiger partial charge is 0.872 e. The summed E-state index contributed by atoms with van der Waals surface area (Å²) in [5.74, 6) is -0.149. The van der Waals surface area contributed by atoms with E-state index in [0.717, 1.165) is 29.7 Å². The second-order valence-corrected chi connectivity index (χ2v) is 10.0. The van der Waals surface area contributed by atoms with Crippen molar-refractivity contribution in [3.63, 3.8) is 0 Å². The molecule has 0 spiro atoms. The third kappa shape index (κ3) is 6.16. The quantitative estimate of drug-likeness (QED) is 0.448. The lowest BCUT2D eigenvalue weighted by Gasteiger charge is -2.29. The van der Waals surface area contributed by atoms with Crippen LogP contribution in [0, 0.1) is 20.8 Å². The first kappa shape index (κ1) is 24.8. The molecule has 0 aromatic heterocycles. The van der Waals surface area contributed by atoms with E-state index in [1.165, 1.54) is 4.90 Å². The molecule has 1 amide bonds. The molecule has 4 bridgehead atoms. The highest BCUT2D eigenvalue weighted by Gasteiger charge is 2.49. The lowest BCUT2D eigenvalue weighted by molar-refractivity contribution is -0.667. The maximum absolute atomic E-state index is 11.7. The summed E-state index contributed by atoms with van der Waals surface area (Å²) in [4.78, 5) is 35.0. The van der Waals surface area contributed by atoms with Crippen LogP contribution in [0.2, 0.25) is 0 Å². The average molecular weight is 463 g/mol. The summed E-state index contributed by atoms with van der Waals surface area (Å²) in [5, 5.41) is 13.2. The molecule has 9 nitrogen and oxygen atoms in total. The van der Waals surface area contributed by atoms with Crippen molar-refractivity contribution in [3.05, 3.63) is 28.8 Å². The van der Waals surface area contributed by atoms with Gasteiger partial charge in [-0.05, 0) is 41.5 Å². The van der Waals surface area contributed by atoms with Crippen LogP contribution in [0.15, 0.2) is 12.1 Å². The first-order valence-electron chi connectivity index (χ1n) is 11.3. The van der Waals surface area contributed by atoms with Gasteiger partial charge in [0.05, 0.1) is 13.0 Å². The van der Waals surface area contributed by atoms with Crippen molar-refractivity contribution in [1.29, 1.82) is 0 Å². The molecule has 4 unspecified atom stereocenters. The Morgan fingerprint density at radius 1 is 1.06 bits per heavy atom. The summed E-state index contributed by atoms with van der Waals surface area (Å²) in [6.45, 7) is 12.6.